The second-order valence-electron chi connectivity index (χ2n) is 6.59. The van der Waals surface area contributed by atoms with Crippen LogP contribution in [0.15, 0.2) is 48.0 Å². The third kappa shape index (κ3) is 2.75. The first-order valence-electron chi connectivity index (χ1n) is 8.43. The Morgan fingerprint density at radius 2 is 1.96 bits per heavy atom. The summed E-state index contributed by atoms with van der Waals surface area (Å²) in [5.41, 5.74) is 1.27. The number of carbonyl (C=O) groups is 2. The minimum atomic E-state index is -1.85. The van der Waals surface area contributed by atoms with Crippen molar-refractivity contribution in [1.82, 2.24) is 0 Å². The Labute approximate surface area is 163 Å². The van der Waals surface area contributed by atoms with Crippen LogP contribution in [0.2, 0.25) is 0 Å². The highest BCUT2D eigenvalue weighted by Crippen LogP contribution is 2.55. The van der Waals surface area contributed by atoms with Gasteiger partial charge >= 0.3 is 5.97 Å². The van der Waals surface area contributed by atoms with Gasteiger partial charge in [0.1, 0.15) is 24.0 Å². The van der Waals surface area contributed by atoms with E-state index in [4.69, 9.17) is 4.74 Å². The minimum absolute atomic E-state index is 0.0529. The SMILES string of the molecule is CN(C(=O)C1(C(=O)O)CC2=C(S1)c1ccccc1OC2)c1ccc(F)cc1F. The second kappa shape index (κ2) is 6.63. The number of amides is 1. The molecule has 0 bridgehead atoms. The zero-order valence-electron chi connectivity index (χ0n) is 14.7. The number of anilines is 1. The van der Waals surface area contributed by atoms with E-state index in [1.807, 2.05) is 12.1 Å². The summed E-state index contributed by atoms with van der Waals surface area (Å²) in [7, 11) is 1.28. The fourth-order valence-corrected chi connectivity index (χ4v) is 4.89. The second-order valence-corrected chi connectivity index (χ2v) is 7.90. The first kappa shape index (κ1) is 18.5. The van der Waals surface area contributed by atoms with Crippen molar-refractivity contribution in [2.45, 2.75) is 11.2 Å². The number of carboxylic acid groups (broad SMARTS) is 1. The number of hydrogen-bond donors (Lipinski definition) is 1. The molecule has 0 aliphatic carbocycles. The molecular formula is C20H15F2NO4S. The third-order valence-electron chi connectivity index (χ3n) is 4.86. The summed E-state index contributed by atoms with van der Waals surface area (Å²) in [4.78, 5) is 27.0. The van der Waals surface area contributed by atoms with Gasteiger partial charge in [-0.05, 0) is 23.8 Å². The summed E-state index contributed by atoms with van der Waals surface area (Å²) < 4.78 is 31.2. The molecule has 2 aromatic rings. The van der Waals surface area contributed by atoms with E-state index in [-0.39, 0.29) is 18.7 Å². The van der Waals surface area contributed by atoms with Crippen LogP contribution in [0.4, 0.5) is 14.5 Å². The smallest absolute Gasteiger partial charge is 0.330 e. The van der Waals surface area contributed by atoms with E-state index >= 15 is 0 Å². The lowest BCUT2D eigenvalue weighted by Gasteiger charge is -2.28. The molecule has 4 rings (SSSR count). The Bertz CT molecular complexity index is 1040. The molecule has 28 heavy (non-hydrogen) atoms. The molecule has 144 valence electrons. The zero-order chi connectivity index (χ0) is 20.1. The molecule has 2 aromatic carbocycles. The Kier molecular flexibility index (Phi) is 4.38. The predicted octanol–water partition coefficient (Wildman–Crippen LogP) is 3.69. The average Bonchev–Trinajstić information content (AvgIpc) is 3.08. The lowest BCUT2D eigenvalue weighted by molar-refractivity contribution is -0.143. The maximum Gasteiger partial charge on any atom is 0.330 e. The largest absolute Gasteiger partial charge is 0.489 e. The molecule has 8 heteroatoms. The Hall–Kier alpha value is -2.87. The topological polar surface area (TPSA) is 66.8 Å². The molecule has 2 aliphatic heterocycles. The first-order chi connectivity index (χ1) is 13.3. The van der Waals surface area contributed by atoms with Gasteiger partial charge in [-0.15, -0.1) is 0 Å². The van der Waals surface area contributed by atoms with E-state index in [2.05, 4.69) is 0 Å². The van der Waals surface area contributed by atoms with Crippen molar-refractivity contribution in [1.29, 1.82) is 0 Å². The Balaban J connectivity index is 1.71. The van der Waals surface area contributed by atoms with Gasteiger partial charge in [0, 0.05) is 30.0 Å². The van der Waals surface area contributed by atoms with Crippen molar-refractivity contribution in [2.24, 2.45) is 0 Å². The number of halogens is 2. The summed E-state index contributed by atoms with van der Waals surface area (Å²) >= 11 is 0.945. The van der Waals surface area contributed by atoms with Crippen molar-refractivity contribution in [3.63, 3.8) is 0 Å². The third-order valence-corrected chi connectivity index (χ3v) is 6.41. The van der Waals surface area contributed by atoms with Crippen LogP contribution in [0.1, 0.15) is 12.0 Å². The van der Waals surface area contributed by atoms with Gasteiger partial charge in [-0.3, -0.25) is 9.59 Å². The molecule has 0 aromatic heterocycles. The normalized spacial score (nSPS) is 20.2. The molecule has 0 fully saturated rings. The molecule has 0 saturated carbocycles. The van der Waals surface area contributed by atoms with Gasteiger partial charge < -0.3 is 14.7 Å². The number of carboxylic acids is 1. The number of ether oxygens (including phenoxy) is 1. The summed E-state index contributed by atoms with van der Waals surface area (Å²) in [6.45, 7) is 0.191. The summed E-state index contributed by atoms with van der Waals surface area (Å²) in [6.07, 6.45) is -0.0529. The molecule has 0 radical (unpaired) electrons. The van der Waals surface area contributed by atoms with E-state index in [1.165, 1.54) is 7.05 Å². The Morgan fingerprint density at radius 3 is 2.68 bits per heavy atom. The molecule has 1 unspecified atom stereocenters. The van der Waals surface area contributed by atoms with E-state index in [0.29, 0.717) is 22.3 Å². The van der Waals surface area contributed by atoms with E-state index in [0.717, 1.165) is 34.4 Å². The molecule has 1 N–H and O–H groups in total. The average molecular weight is 403 g/mol. The lowest BCUT2D eigenvalue weighted by atomic mass is 9.95. The van der Waals surface area contributed by atoms with Crippen LogP contribution < -0.4 is 9.64 Å². The number of benzene rings is 2. The monoisotopic (exact) mass is 403 g/mol. The number of para-hydroxylation sites is 1. The first-order valence-corrected chi connectivity index (χ1v) is 9.25. The number of fused-ring (bicyclic) bond motifs is 2. The van der Waals surface area contributed by atoms with E-state index in [9.17, 15) is 23.5 Å². The van der Waals surface area contributed by atoms with Crippen LogP contribution in [-0.4, -0.2) is 35.4 Å². The van der Waals surface area contributed by atoms with E-state index < -0.39 is 28.3 Å². The molecule has 2 heterocycles. The standard InChI is InChI=1S/C20H15F2NO4S/c1-23(15-7-6-12(21)8-14(15)22)18(24)20(19(25)26)9-11-10-27-16-5-3-2-4-13(16)17(11)28-20/h2-8H,9-10H2,1H3,(H,25,26). The molecule has 2 aliphatic rings. The van der Waals surface area contributed by atoms with Gasteiger partial charge in [0.25, 0.3) is 5.91 Å². The number of aliphatic carboxylic acids is 1. The molecule has 5 nitrogen and oxygen atoms in total. The summed E-state index contributed by atoms with van der Waals surface area (Å²) in [5, 5.41) is 9.95. The van der Waals surface area contributed by atoms with Crippen LogP contribution in [0, 0.1) is 11.6 Å². The van der Waals surface area contributed by atoms with E-state index in [1.54, 1.807) is 12.1 Å². The van der Waals surface area contributed by atoms with Gasteiger partial charge in [0.05, 0.1) is 5.69 Å². The number of nitrogens with zero attached hydrogens (tertiary/aromatic N) is 1. The maximum atomic E-state index is 14.1. The summed E-state index contributed by atoms with van der Waals surface area (Å²) in [6, 6.07) is 9.99. The Morgan fingerprint density at radius 1 is 1.21 bits per heavy atom. The van der Waals surface area contributed by atoms with Crippen molar-refractivity contribution in [3.8, 4) is 5.75 Å². The maximum absolute atomic E-state index is 14.1. The summed E-state index contributed by atoms with van der Waals surface area (Å²) in [5.74, 6) is -3.20. The molecular weight excluding hydrogens is 388 g/mol. The fourth-order valence-electron chi connectivity index (χ4n) is 3.43. The number of rotatable bonds is 3. The highest BCUT2D eigenvalue weighted by Gasteiger charge is 2.55. The van der Waals surface area contributed by atoms with Crippen LogP contribution in [0.5, 0.6) is 5.75 Å². The van der Waals surface area contributed by atoms with Crippen molar-refractivity contribution < 1.29 is 28.2 Å². The highest BCUT2D eigenvalue weighted by atomic mass is 32.2. The van der Waals surface area contributed by atoms with Gasteiger partial charge in [-0.1, -0.05) is 30.0 Å². The molecule has 0 saturated heterocycles. The number of thioether (sulfide) groups is 1. The predicted molar refractivity (Wildman–Crippen MR) is 101 cm³/mol. The van der Waals surface area contributed by atoms with Gasteiger partial charge in [-0.2, -0.15) is 0 Å². The van der Waals surface area contributed by atoms with Crippen molar-refractivity contribution >= 4 is 34.2 Å². The molecule has 0 spiro atoms. The van der Waals surface area contributed by atoms with Gasteiger partial charge in [0.2, 0.25) is 0 Å². The van der Waals surface area contributed by atoms with Crippen LogP contribution >= 0.6 is 11.8 Å². The number of carbonyl (C=O) groups excluding carboxylic acids is 1. The quantitative estimate of drug-likeness (QED) is 0.792. The lowest BCUT2D eigenvalue weighted by Crippen LogP contribution is -2.50. The van der Waals surface area contributed by atoms with Gasteiger partial charge in [0.15, 0.2) is 4.75 Å². The van der Waals surface area contributed by atoms with Gasteiger partial charge in [-0.25, -0.2) is 8.78 Å². The van der Waals surface area contributed by atoms with Crippen LogP contribution in [-0.2, 0) is 9.59 Å². The fraction of sp³-hybridized carbons (Fsp3) is 0.200. The van der Waals surface area contributed by atoms with Crippen LogP contribution in [0.3, 0.4) is 0 Å². The zero-order valence-corrected chi connectivity index (χ0v) is 15.6. The van der Waals surface area contributed by atoms with Crippen molar-refractivity contribution in [3.05, 3.63) is 65.2 Å². The van der Waals surface area contributed by atoms with Crippen LogP contribution in [0.25, 0.3) is 4.91 Å². The number of hydrogen-bond acceptors (Lipinski definition) is 4. The van der Waals surface area contributed by atoms with Crippen molar-refractivity contribution in [2.75, 3.05) is 18.6 Å². The molecule has 1 atom stereocenters. The minimum Gasteiger partial charge on any atom is -0.489 e. The molecule has 1 amide bonds. The highest BCUT2D eigenvalue weighted by molar-refractivity contribution is 8.11.